The van der Waals surface area contributed by atoms with E-state index in [-0.39, 0.29) is 0 Å². The van der Waals surface area contributed by atoms with Crippen LogP contribution in [0.2, 0.25) is 0 Å². The molecule has 1 N–H and O–H groups in total. The fourth-order valence-electron chi connectivity index (χ4n) is 3.71. The van der Waals surface area contributed by atoms with E-state index in [9.17, 15) is 0 Å². The standard InChI is InChI=1S/C23H35N5O3/c1-4-7-21-26-22(31-27-21)19-9-5-8-18(16-19)17-25-23(24-2)28-12-10-20(11-13-28)30-15-6-14-29-3/h5,8-9,16,20H,4,6-7,10-15,17H2,1-3H3,(H,24,25). The number of hydrogen-bond acceptors (Lipinski definition) is 6. The minimum atomic E-state index is 0.329. The van der Waals surface area contributed by atoms with Crippen molar-refractivity contribution in [3.8, 4) is 11.5 Å². The van der Waals surface area contributed by atoms with Gasteiger partial charge in [0.15, 0.2) is 11.8 Å². The number of nitrogens with one attached hydrogen (secondary N) is 1. The summed E-state index contributed by atoms with van der Waals surface area (Å²) in [5, 5.41) is 7.54. The highest BCUT2D eigenvalue weighted by Crippen LogP contribution is 2.19. The molecule has 8 nitrogen and oxygen atoms in total. The van der Waals surface area contributed by atoms with Crippen LogP contribution in [0.1, 0.15) is 44.0 Å². The van der Waals surface area contributed by atoms with Gasteiger partial charge in [0, 0.05) is 59.0 Å². The molecule has 8 heteroatoms. The Kier molecular flexibility index (Phi) is 9.30. The van der Waals surface area contributed by atoms with Gasteiger partial charge >= 0.3 is 0 Å². The van der Waals surface area contributed by atoms with Gasteiger partial charge in [-0.2, -0.15) is 4.98 Å². The summed E-state index contributed by atoms with van der Waals surface area (Å²) >= 11 is 0. The van der Waals surface area contributed by atoms with Crippen LogP contribution in [0.3, 0.4) is 0 Å². The van der Waals surface area contributed by atoms with Crippen molar-refractivity contribution in [2.45, 2.75) is 51.7 Å². The van der Waals surface area contributed by atoms with Crippen LogP contribution in [0.4, 0.5) is 0 Å². The third-order valence-electron chi connectivity index (χ3n) is 5.37. The Balaban J connectivity index is 1.48. The van der Waals surface area contributed by atoms with Crippen molar-refractivity contribution >= 4 is 5.96 Å². The molecule has 0 radical (unpaired) electrons. The second-order valence-electron chi connectivity index (χ2n) is 7.77. The van der Waals surface area contributed by atoms with Crippen molar-refractivity contribution < 1.29 is 14.0 Å². The minimum absolute atomic E-state index is 0.329. The lowest BCUT2D eigenvalue weighted by Crippen LogP contribution is -2.46. The molecule has 0 unspecified atom stereocenters. The molecule has 0 bridgehead atoms. The number of nitrogens with zero attached hydrogens (tertiary/aromatic N) is 4. The first-order valence-corrected chi connectivity index (χ1v) is 11.2. The maximum absolute atomic E-state index is 5.96. The first-order chi connectivity index (χ1) is 15.2. The zero-order chi connectivity index (χ0) is 21.9. The van der Waals surface area contributed by atoms with Crippen LogP contribution in [-0.2, 0) is 22.4 Å². The number of aryl methyl sites for hydroxylation is 1. The number of ether oxygens (including phenoxy) is 2. The predicted molar refractivity (Wildman–Crippen MR) is 121 cm³/mol. The number of piperidine rings is 1. The summed E-state index contributed by atoms with van der Waals surface area (Å²) in [5.74, 6) is 2.25. The molecule has 1 aromatic heterocycles. The third-order valence-corrected chi connectivity index (χ3v) is 5.37. The smallest absolute Gasteiger partial charge is 0.257 e. The van der Waals surface area contributed by atoms with Gasteiger partial charge in [-0.1, -0.05) is 24.2 Å². The van der Waals surface area contributed by atoms with Gasteiger partial charge in [-0.25, -0.2) is 0 Å². The topological polar surface area (TPSA) is 85.0 Å². The Morgan fingerprint density at radius 2 is 2.13 bits per heavy atom. The first-order valence-electron chi connectivity index (χ1n) is 11.2. The van der Waals surface area contributed by atoms with E-state index in [0.717, 1.165) is 81.3 Å². The minimum Gasteiger partial charge on any atom is -0.385 e. The Morgan fingerprint density at radius 3 is 2.87 bits per heavy atom. The number of guanidine groups is 1. The van der Waals surface area contributed by atoms with Gasteiger partial charge in [0.25, 0.3) is 5.89 Å². The molecule has 3 rings (SSSR count). The molecular formula is C23H35N5O3. The Bertz CT molecular complexity index is 815. The monoisotopic (exact) mass is 429 g/mol. The van der Waals surface area contributed by atoms with Gasteiger partial charge in [-0.05, 0) is 43.4 Å². The lowest BCUT2D eigenvalue weighted by Gasteiger charge is -2.34. The summed E-state index contributed by atoms with van der Waals surface area (Å²) in [5.41, 5.74) is 2.08. The zero-order valence-electron chi connectivity index (χ0n) is 19.0. The van der Waals surface area contributed by atoms with Gasteiger partial charge in [-0.3, -0.25) is 4.99 Å². The fraction of sp³-hybridized carbons (Fsp3) is 0.609. The summed E-state index contributed by atoms with van der Waals surface area (Å²) in [4.78, 5) is 11.3. The Hall–Kier alpha value is -2.45. The van der Waals surface area contributed by atoms with E-state index in [1.54, 1.807) is 7.11 Å². The summed E-state index contributed by atoms with van der Waals surface area (Å²) in [7, 11) is 3.56. The molecule has 1 aromatic carbocycles. The largest absolute Gasteiger partial charge is 0.385 e. The van der Waals surface area contributed by atoms with Crippen LogP contribution in [0.5, 0.6) is 0 Å². The maximum atomic E-state index is 5.96. The van der Waals surface area contributed by atoms with Crippen LogP contribution in [-0.4, -0.2) is 67.6 Å². The van der Waals surface area contributed by atoms with Gasteiger partial charge in [0.05, 0.1) is 6.10 Å². The summed E-state index contributed by atoms with van der Waals surface area (Å²) in [6, 6.07) is 8.20. The molecule has 0 atom stereocenters. The average Bonchev–Trinajstić information content (AvgIpc) is 3.27. The second-order valence-corrected chi connectivity index (χ2v) is 7.77. The van der Waals surface area contributed by atoms with Crippen molar-refractivity contribution in [3.05, 3.63) is 35.7 Å². The van der Waals surface area contributed by atoms with E-state index in [4.69, 9.17) is 14.0 Å². The molecule has 2 heterocycles. The highest BCUT2D eigenvalue weighted by molar-refractivity contribution is 5.80. The van der Waals surface area contributed by atoms with E-state index >= 15 is 0 Å². The molecule has 170 valence electrons. The van der Waals surface area contributed by atoms with Gasteiger partial charge in [0.1, 0.15) is 0 Å². The SMILES string of the molecule is CCCc1noc(-c2cccc(CNC(=NC)N3CCC(OCCCOC)CC3)c2)n1. The highest BCUT2D eigenvalue weighted by Gasteiger charge is 2.21. The van der Waals surface area contributed by atoms with Crippen molar-refractivity contribution in [2.75, 3.05) is 40.5 Å². The number of hydrogen-bond donors (Lipinski definition) is 1. The number of aromatic nitrogens is 2. The molecule has 1 aliphatic heterocycles. The number of rotatable bonds is 10. The van der Waals surface area contributed by atoms with Gasteiger partial charge in [-0.15, -0.1) is 0 Å². The van der Waals surface area contributed by atoms with E-state index in [1.807, 2.05) is 19.2 Å². The molecule has 1 aliphatic rings. The molecule has 31 heavy (non-hydrogen) atoms. The molecule has 0 aliphatic carbocycles. The summed E-state index contributed by atoms with van der Waals surface area (Å²) < 4.78 is 16.5. The van der Waals surface area contributed by atoms with Crippen LogP contribution >= 0.6 is 0 Å². The molecular weight excluding hydrogens is 394 g/mol. The van der Waals surface area contributed by atoms with Crippen molar-refractivity contribution in [1.82, 2.24) is 20.4 Å². The second kappa shape index (κ2) is 12.4. The van der Waals surface area contributed by atoms with E-state index in [2.05, 4.69) is 44.4 Å². The van der Waals surface area contributed by atoms with Crippen molar-refractivity contribution in [2.24, 2.45) is 4.99 Å². The number of methoxy groups -OCH3 is 1. The molecule has 1 saturated heterocycles. The molecule has 1 fully saturated rings. The van der Waals surface area contributed by atoms with Crippen LogP contribution in [0, 0.1) is 0 Å². The van der Waals surface area contributed by atoms with Crippen molar-refractivity contribution in [3.63, 3.8) is 0 Å². The van der Waals surface area contributed by atoms with Crippen molar-refractivity contribution in [1.29, 1.82) is 0 Å². The molecule has 2 aromatic rings. The van der Waals surface area contributed by atoms with Gasteiger partial charge < -0.3 is 24.2 Å². The normalized spacial score (nSPS) is 15.5. The van der Waals surface area contributed by atoms with E-state index in [0.29, 0.717) is 18.5 Å². The summed E-state index contributed by atoms with van der Waals surface area (Å²) in [6.07, 6.45) is 5.13. The average molecular weight is 430 g/mol. The molecule has 0 spiro atoms. The molecule has 0 amide bonds. The fourth-order valence-corrected chi connectivity index (χ4v) is 3.71. The third kappa shape index (κ3) is 7.04. The van der Waals surface area contributed by atoms with Crippen LogP contribution in [0.25, 0.3) is 11.5 Å². The van der Waals surface area contributed by atoms with Crippen LogP contribution in [0.15, 0.2) is 33.8 Å². The lowest BCUT2D eigenvalue weighted by atomic mass is 10.1. The highest BCUT2D eigenvalue weighted by atomic mass is 16.5. The van der Waals surface area contributed by atoms with Crippen LogP contribution < -0.4 is 5.32 Å². The summed E-state index contributed by atoms with van der Waals surface area (Å²) in [6.45, 7) is 6.19. The lowest BCUT2D eigenvalue weighted by molar-refractivity contribution is 0.00989. The number of benzene rings is 1. The predicted octanol–water partition coefficient (Wildman–Crippen LogP) is 3.28. The molecule has 0 saturated carbocycles. The van der Waals surface area contributed by atoms with E-state index in [1.165, 1.54) is 0 Å². The number of aliphatic imine (C=N–C) groups is 1. The Labute approximate surface area is 185 Å². The van der Waals surface area contributed by atoms with E-state index < -0.39 is 0 Å². The van der Waals surface area contributed by atoms with Gasteiger partial charge in [0.2, 0.25) is 0 Å². The zero-order valence-corrected chi connectivity index (χ0v) is 19.0. The Morgan fingerprint density at radius 1 is 1.29 bits per heavy atom. The maximum Gasteiger partial charge on any atom is 0.257 e. The first kappa shape index (κ1) is 23.2. The quantitative estimate of drug-likeness (QED) is 0.352. The number of likely N-dealkylation sites (tertiary alicyclic amines) is 1.